The van der Waals surface area contributed by atoms with Crippen molar-refractivity contribution in [3.8, 4) is 0 Å². The van der Waals surface area contributed by atoms with Crippen molar-refractivity contribution >= 4 is 11.9 Å². The van der Waals surface area contributed by atoms with E-state index in [1.54, 1.807) is 0 Å². The number of ether oxygens (including phenoxy) is 1. The van der Waals surface area contributed by atoms with Gasteiger partial charge in [0.05, 0.1) is 6.04 Å². The van der Waals surface area contributed by atoms with Gasteiger partial charge >= 0.3 is 5.97 Å². The van der Waals surface area contributed by atoms with E-state index in [0.717, 1.165) is 25.8 Å². The number of likely N-dealkylation sites (tertiary alicyclic amines) is 1. The highest BCUT2D eigenvalue weighted by atomic mass is 16.5. The van der Waals surface area contributed by atoms with Gasteiger partial charge in [0.15, 0.2) is 0 Å². The Bertz CT molecular complexity index is 444. The zero-order chi connectivity index (χ0) is 13.7. The average molecular weight is 261 g/mol. The number of esters is 1. The van der Waals surface area contributed by atoms with E-state index in [-0.39, 0.29) is 17.9 Å². The van der Waals surface area contributed by atoms with Crippen LogP contribution in [0.3, 0.4) is 0 Å². The number of carbonyl (C=O) groups excluding carboxylic acids is 2. The minimum absolute atomic E-state index is 0.00496. The summed E-state index contributed by atoms with van der Waals surface area (Å²) in [4.78, 5) is 25.2. The number of carbonyl (C=O) groups is 2. The molecule has 0 spiro atoms. The second-order valence-electron chi connectivity index (χ2n) is 4.82. The van der Waals surface area contributed by atoms with Crippen LogP contribution in [-0.4, -0.2) is 36.0 Å². The Morgan fingerprint density at radius 3 is 2.68 bits per heavy atom. The number of hydrogen-bond acceptors (Lipinski definition) is 3. The molecule has 1 atom stereocenters. The summed E-state index contributed by atoms with van der Waals surface area (Å²) in [5.41, 5.74) is 0.692. The van der Waals surface area contributed by atoms with Crippen LogP contribution in [-0.2, 0) is 9.53 Å². The van der Waals surface area contributed by atoms with Gasteiger partial charge in [-0.2, -0.15) is 0 Å². The van der Waals surface area contributed by atoms with Crippen LogP contribution in [0, 0.1) is 0 Å². The van der Waals surface area contributed by atoms with Crippen molar-refractivity contribution in [1.82, 2.24) is 4.90 Å². The summed E-state index contributed by atoms with van der Waals surface area (Å²) in [5, 5.41) is 0. The van der Waals surface area contributed by atoms with E-state index < -0.39 is 0 Å². The first-order valence-electron chi connectivity index (χ1n) is 6.68. The maximum atomic E-state index is 12.4. The van der Waals surface area contributed by atoms with Crippen LogP contribution in [0.4, 0.5) is 0 Å². The average Bonchev–Trinajstić information content (AvgIpc) is 2.45. The van der Waals surface area contributed by atoms with Crippen molar-refractivity contribution in [2.45, 2.75) is 32.2 Å². The van der Waals surface area contributed by atoms with Crippen molar-refractivity contribution in [3.05, 3.63) is 35.9 Å². The summed E-state index contributed by atoms with van der Waals surface area (Å²) in [7, 11) is 0. The third kappa shape index (κ3) is 3.56. The summed E-state index contributed by atoms with van der Waals surface area (Å²) in [6.07, 6.45) is 2.98. The molecule has 0 unspecified atom stereocenters. The maximum absolute atomic E-state index is 12.4. The molecule has 0 aliphatic carbocycles. The molecule has 19 heavy (non-hydrogen) atoms. The Morgan fingerprint density at radius 1 is 1.26 bits per heavy atom. The molecule has 4 nitrogen and oxygen atoms in total. The lowest BCUT2D eigenvalue weighted by Gasteiger charge is -2.35. The van der Waals surface area contributed by atoms with Gasteiger partial charge in [-0.1, -0.05) is 18.2 Å². The van der Waals surface area contributed by atoms with Crippen molar-refractivity contribution in [1.29, 1.82) is 0 Å². The number of amides is 1. The predicted octanol–water partition coefficient (Wildman–Crippen LogP) is 2.24. The summed E-state index contributed by atoms with van der Waals surface area (Å²) in [5.74, 6) is -0.268. The van der Waals surface area contributed by atoms with Gasteiger partial charge in [0.1, 0.15) is 6.61 Å². The van der Waals surface area contributed by atoms with Crippen LogP contribution in [0.1, 0.15) is 36.5 Å². The Balaban J connectivity index is 2.06. The lowest BCUT2D eigenvalue weighted by Crippen LogP contribution is -2.46. The quantitative estimate of drug-likeness (QED) is 0.784. The van der Waals surface area contributed by atoms with Gasteiger partial charge < -0.3 is 9.64 Å². The molecule has 2 rings (SSSR count). The van der Waals surface area contributed by atoms with Gasteiger partial charge in [0, 0.05) is 19.0 Å². The van der Waals surface area contributed by atoms with Crippen LogP contribution in [0.5, 0.6) is 0 Å². The number of rotatable bonds is 3. The molecule has 1 heterocycles. The minimum atomic E-state index is -0.294. The van der Waals surface area contributed by atoms with E-state index >= 15 is 0 Å². The first kappa shape index (κ1) is 13.6. The van der Waals surface area contributed by atoms with Crippen LogP contribution in [0.15, 0.2) is 30.3 Å². The van der Waals surface area contributed by atoms with E-state index in [9.17, 15) is 9.59 Å². The molecule has 1 aromatic rings. The lowest BCUT2D eigenvalue weighted by atomic mass is 10.0. The Hall–Kier alpha value is -1.84. The van der Waals surface area contributed by atoms with E-state index in [2.05, 4.69) is 0 Å². The van der Waals surface area contributed by atoms with Gasteiger partial charge in [-0.25, -0.2) is 0 Å². The molecule has 102 valence electrons. The van der Waals surface area contributed by atoms with Crippen LogP contribution >= 0.6 is 0 Å². The standard InChI is InChI=1S/C15H19NO3/c1-12(17)19-11-14-9-5-6-10-16(14)15(18)13-7-3-2-4-8-13/h2-4,7-8,14H,5-6,9-11H2,1H3/t14-/m1/s1. The number of benzene rings is 1. The zero-order valence-corrected chi connectivity index (χ0v) is 11.2. The van der Waals surface area contributed by atoms with Gasteiger partial charge in [-0.3, -0.25) is 9.59 Å². The molecule has 0 bridgehead atoms. The fraction of sp³-hybridized carbons (Fsp3) is 0.467. The smallest absolute Gasteiger partial charge is 0.302 e. The van der Waals surface area contributed by atoms with E-state index in [1.807, 2.05) is 35.2 Å². The highest BCUT2D eigenvalue weighted by Gasteiger charge is 2.28. The fourth-order valence-corrected chi connectivity index (χ4v) is 2.40. The normalized spacial score (nSPS) is 19.0. The van der Waals surface area contributed by atoms with Crippen molar-refractivity contribution < 1.29 is 14.3 Å². The first-order chi connectivity index (χ1) is 9.18. The molecule has 1 saturated heterocycles. The Morgan fingerprint density at radius 2 is 2.00 bits per heavy atom. The van der Waals surface area contributed by atoms with Crippen molar-refractivity contribution in [2.24, 2.45) is 0 Å². The van der Waals surface area contributed by atoms with Crippen LogP contribution in [0.25, 0.3) is 0 Å². The van der Waals surface area contributed by atoms with E-state index in [1.165, 1.54) is 6.92 Å². The molecule has 0 radical (unpaired) electrons. The minimum Gasteiger partial charge on any atom is -0.464 e. The molecule has 1 aliphatic rings. The van der Waals surface area contributed by atoms with Crippen LogP contribution < -0.4 is 0 Å². The molecule has 0 N–H and O–H groups in total. The molecule has 0 aromatic heterocycles. The topological polar surface area (TPSA) is 46.6 Å². The zero-order valence-electron chi connectivity index (χ0n) is 11.2. The van der Waals surface area contributed by atoms with Gasteiger partial charge in [0.25, 0.3) is 5.91 Å². The SMILES string of the molecule is CC(=O)OC[C@H]1CCCCN1C(=O)c1ccccc1. The summed E-state index contributed by atoms with van der Waals surface area (Å²) in [6, 6.07) is 9.25. The number of piperidine rings is 1. The molecular formula is C15H19NO3. The van der Waals surface area contributed by atoms with Gasteiger partial charge in [-0.15, -0.1) is 0 Å². The molecule has 0 saturated carbocycles. The Kier molecular flexibility index (Phi) is 4.55. The van der Waals surface area contributed by atoms with Gasteiger partial charge in [0.2, 0.25) is 0 Å². The van der Waals surface area contributed by atoms with Crippen LogP contribution in [0.2, 0.25) is 0 Å². The van der Waals surface area contributed by atoms with Crippen molar-refractivity contribution in [2.75, 3.05) is 13.2 Å². The van der Waals surface area contributed by atoms with E-state index in [4.69, 9.17) is 4.74 Å². The maximum Gasteiger partial charge on any atom is 0.302 e. The monoisotopic (exact) mass is 261 g/mol. The molecule has 1 fully saturated rings. The molecule has 1 aromatic carbocycles. The summed E-state index contributed by atoms with van der Waals surface area (Å²) >= 11 is 0. The summed E-state index contributed by atoms with van der Waals surface area (Å²) < 4.78 is 5.06. The fourth-order valence-electron chi connectivity index (χ4n) is 2.40. The lowest BCUT2D eigenvalue weighted by molar-refractivity contribution is -0.142. The Labute approximate surface area is 113 Å². The second kappa shape index (κ2) is 6.36. The summed E-state index contributed by atoms with van der Waals surface area (Å²) in [6.45, 7) is 2.43. The molecule has 1 amide bonds. The highest BCUT2D eigenvalue weighted by molar-refractivity contribution is 5.94. The highest BCUT2D eigenvalue weighted by Crippen LogP contribution is 2.20. The third-order valence-electron chi connectivity index (χ3n) is 3.39. The molecular weight excluding hydrogens is 242 g/mol. The largest absolute Gasteiger partial charge is 0.464 e. The number of nitrogens with zero attached hydrogens (tertiary/aromatic N) is 1. The second-order valence-corrected chi connectivity index (χ2v) is 4.82. The number of hydrogen-bond donors (Lipinski definition) is 0. The third-order valence-corrected chi connectivity index (χ3v) is 3.39. The van der Waals surface area contributed by atoms with Crippen molar-refractivity contribution in [3.63, 3.8) is 0 Å². The molecule has 1 aliphatic heterocycles. The molecule has 4 heteroatoms. The predicted molar refractivity (Wildman–Crippen MR) is 71.8 cm³/mol. The first-order valence-corrected chi connectivity index (χ1v) is 6.68. The van der Waals surface area contributed by atoms with Gasteiger partial charge in [-0.05, 0) is 31.4 Å². The van der Waals surface area contributed by atoms with E-state index in [0.29, 0.717) is 12.2 Å².